The number of nitrogens with one attached hydrogen (secondary N) is 1. The van der Waals surface area contributed by atoms with Crippen molar-refractivity contribution >= 4 is 51.5 Å². The Balaban J connectivity index is 1.34. The molecule has 8 nitrogen and oxygen atoms in total. The first-order chi connectivity index (χ1) is 19.1. The molecular weight excluding hydrogens is 532 g/mol. The number of hydrogen-bond acceptors (Lipinski definition) is 8. The van der Waals surface area contributed by atoms with E-state index >= 15 is 0 Å². The Labute approximate surface area is 234 Å². The van der Waals surface area contributed by atoms with Gasteiger partial charge in [-0.1, -0.05) is 30.0 Å². The van der Waals surface area contributed by atoms with Gasteiger partial charge in [-0.05, 0) is 74.2 Å². The molecule has 0 fully saturated rings. The fourth-order valence-corrected chi connectivity index (χ4v) is 6.58. The first-order valence-electron chi connectivity index (χ1n) is 12.6. The lowest BCUT2D eigenvalue weighted by Crippen LogP contribution is -2.24. The molecule has 0 saturated carbocycles. The van der Waals surface area contributed by atoms with Gasteiger partial charge >= 0.3 is 0 Å². The van der Waals surface area contributed by atoms with Crippen molar-refractivity contribution in [1.82, 2.24) is 15.0 Å². The molecule has 2 heterocycles. The summed E-state index contributed by atoms with van der Waals surface area (Å²) in [6.07, 6.45) is 8.00. The highest BCUT2D eigenvalue weighted by atomic mass is 32.2. The molecule has 0 saturated heterocycles. The molecule has 4 aromatic rings. The van der Waals surface area contributed by atoms with Gasteiger partial charge in [0.15, 0.2) is 5.16 Å². The number of ether oxygens (including phenoxy) is 2. The Bertz CT molecular complexity index is 1610. The topological polar surface area (TPSA) is 94.8 Å². The smallest absolute Gasteiger partial charge is 0.267 e. The van der Waals surface area contributed by atoms with Crippen LogP contribution in [0.2, 0.25) is 0 Å². The maximum absolute atomic E-state index is 13.8. The predicted octanol–water partition coefficient (Wildman–Crippen LogP) is 5.25. The zero-order valence-electron chi connectivity index (χ0n) is 21.7. The Morgan fingerprint density at radius 1 is 1.21 bits per heavy atom. The Hall–Kier alpha value is -3.89. The lowest BCUT2D eigenvalue weighted by Gasteiger charge is -2.13. The molecule has 0 bridgehead atoms. The number of aryl methyl sites for hydroxylation is 2. The van der Waals surface area contributed by atoms with Crippen molar-refractivity contribution < 1.29 is 14.3 Å². The van der Waals surface area contributed by atoms with Crippen LogP contribution in [-0.2, 0) is 17.6 Å². The summed E-state index contributed by atoms with van der Waals surface area (Å²) in [5, 5.41) is 5.16. The van der Waals surface area contributed by atoms with E-state index in [2.05, 4.69) is 10.5 Å². The summed E-state index contributed by atoms with van der Waals surface area (Å²) in [6, 6.07) is 15.0. The average Bonchev–Trinajstić information content (AvgIpc) is 3.54. The lowest BCUT2D eigenvalue weighted by atomic mass is 10.2. The monoisotopic (exact) mass is 560 g/mol. The molecular formula is C29H28N4O4S2. The normalized spacial score (nSPS) is 12.9. The molecule has 2 aromatic heterocycles. The first-order valence-corrected chi connectivity index (χ1v) is 14.4. The lowest BCUT2D eigenvalue weighted by molar-refractivity contribution is -0.118. The number of benzene rings is 2. The average molecular weight is 561 g/mol. The highest BCUT2D eigenvalue weighted by Gasteiger charge is 2.24. The number of hydrogen-bond donors (Lipinski definition) is 1. The van der Waals surface area contributed by atoms with Crippen molar-refractivity contribution in [1.29, 1.82) is 0 Å². The predicted molar refractivity (Wildman–Crippen MR) is 158 cm³/mol. The third kappa shape index (κ3) is 5.91. The minimum Gasteiger partial charge on any atom is -0.496 e. The van der Waals surface area contributed by atoms with Crippen molar-refractivity contribution in [3.8, 4) is 17.2 Å². The highest BCUT2D eigenvalue weighted by Crippen LogP contribution is 2.36. The van der Waals surface area contributed by atoms with Crippen LogP contribution in [0.15, 0.2) is 69.7 Å². The van der Waals surface area contributed by atoms with Gasteiger partial charge < -0.3 is 9.47 Å². The van der Waals surface area contributed by atoms with Gasteiger partial charge in [-0.3, -0.25) is 14.2 Å². The number of rotatable bonds is 10. The number of hydrazone groups is 1. The second-order valence-electron chi connectivity index (χ2n) is 8.70. The fourth-order valence-electron chi connectivity index (χ4n) is 4.47. The van der Waals surface area contributed by atoms with Crippen LogP contribution >= 0.6 is 23.1 Å². The highest BCUT2D eigenvalue weighted by molar-refractivity contribution is 7.99. The van der Waals surface area contributed by atoms with E-state index in [0.717, 1.165) is 46.7 Å². The summed E-state index contributed by atoms with van der Waals surface area (Å²) in [4.78, 5) is 33.1. The van der Waals surface area contributed by atoms with Gasteiger partial charge in [0.2, 0.25) is 0 Å². The van der Waals surface area contributed by atoms with E-state index in [-0.39, 0.29) is 17.2 Å². The van der Waals surface area contributed by atoms with Crippen molar-refractivity contribution in [2.75, 3.05) is 19.5 Å². The van der Waals surface area contributed by atoms with E-state index in [1.54, 1.807) is 29.1 Å². The number of carbonyl (C=O) groups is 1. The van der Waals surface area contributed by atoms with Gasteiger partial charge in [0.1, 0.15) is 16.3 Å². The number of thioether (sulfide) groups is 1. The van der Waals surface area contributed by atoms with Gasteiger partial charge in [0.25, 0.3) is 11.5 Å². The summed E-state index contributed by atoms with van der Waals surface area (Å²) >= 11 is 2.79. The van der Waals surface area contributed by atoms with Gasteiger partial charge in [-0.15, -0.1) is 11.3 Å². The van der Waals surface area contributed by atoms with Crippen LogP contribution in [-0.4, -0.2) is 41.1 Å². The van der Waals surface area contributed by atoms with E-state index in [9.17, 15) is 9.59 Å². The molecule has 0 atom stereocenters. The largest absolute Gasteiger partial charge is 0.496 e. The Morgan fingerprint density at radius 2 is 2.03 bits per heavy atom. The quantitative estimate of drug-likeness (QED) is 0.123. The number of para-hydroxylation sites is 1. The number of allylic oxidation sites excluding steroid dienone is 1. The van der Waals surface area contributed by atoms with Gasteiger partial charge in [0.05, 0.1) is 30.5 Å². The number of carbonyl (C=O) groups excluding carboxylic acids is 1. The number of fused-ring (bicyclic) bond motifs is 3. The molecule has 1 aliphatic rings. The molecule has 1 N–H and O–H groups in total. The van der Waals surface area contributed by atoms with Gasteiger partial charge in [-0.2, -0.15) is 5.10 Å². The zero-order valence-corrected chi connectivity index (χ0v) is 23.3. The Morgan fingerprint density at radius 3 is 2.82 bits per heavy atom. The van der Waals surface area contributed by atoms with Crippen LogP contribution < -0.4 is 20.5 Å². The second-order valence-corrected chi connectivity index (χ2v) is 10.7. The summed E-state index contributed by atoms with van der Waals surface area (Å²) in [6.45, 7) is 2.48. The fraction of sp³-hybridized carbons (Fsp3) is 0.241. The van der Waals surface area contributed by atoms with Crippen molar-refractivity contribution in [2.45, 2.75) is 31.3 Å². The third-order valence-electron chi connectivity index (χ3n) is 6.21. The molecule has 5 rings (SSSR count). The molecule has 0 unspecified atom stereocenters. The van der Waals surface area contributed by atoms with Crippen LogP contribution in [0.1, 0.15) is 29.3 Å². The van der Waals surface area contributed by atoms with Crippen LogP contribution in [0.5, 0.6) is 11.5 Å². The summed E-state index contributed by atoms with van der Waals surface area (Å²) in [7, 11) is 1.62. The van der Waals surface area contributed by atoms with E-state index in [4.69, 9.17) is 14.5 Å². The van der Waals surface area contributed by atoms with Crippen molar-refractivity contribution in [3.63, 3.8) is 0 Å². The zero-order chi connectivity index (χ0) is 27.2. The molecule has 1 aliphatic carbocycles. The van der Waals surface area contributed by atoms with E-state index in [0.29, 0.717) is 22.8 Å². The standard InChI is InChI=1S/C29H28N4O4S2/c1-3-37-21-15-13-20(14-16-21)33-28(35)26-22-10-6-12-24(22)39-27(26)31-29(33)38-18-25(34)32-30-17-7-9-19-8-4-5-11-23(19)36-2/h4-5,7-9,11,13-17H,3,6,10,12,18H2,1-2H3,(H,32,34). The van der Waals surface area contributed by atoms with E-state index in [1.807, 2.05) is 61.5 Å². The molecule has 200 valence electrons. The molecule has 0 radical (unpaired) electrons. The molecule has 39 heavy (non-hydrogen) atoms. The second kappa shape index (κ2) is 12.3. The first kappa shape index (κ1) is 26.7. The molecule has 1 amide bonds. The number of nitrogens with zero attached hydrogens (tertiary/aromatic N) is 3. The summed E-state index contributed by atoms with van der Waals surface area (Å²) < 4.78 is 12.5. The van der Waals surface area contributed by atoms with Crippen LogP contribution in [0, 0.1) is 0 Å². The third-order valence-corrected chi connectivity index (χ3v) is 8.34. The van der Waals surface area contributed by atoms with E-state index in [1.165, 1.54) is 22.9 Å². The van der Waals surface area contributed by atoms with Crippen LogP contribution in [0.4, 0.5) is 0 Å². The SMILES string of the molecule is CCOc1ccc(-n2c(SCC(=O)NN=CC=Cc3ccccc3OC)nc3sc4c(c3c2=O)CCC4)cc1. The summed E-state index contributed by atoms with van der Waals surface area (Å²) in [5.74, 6) is 1.23. The van der Waals surface area contributed by atoms with E-state index < -0.39 is 0 Å². The molecule has 0 spiro atoms. The molecule has 10 heteroatoms. The number of aromatic nitrogens is 2. The number of methoxy groups -OCH3 is 1. The number of thiophene rings is 1. The number of amides is 1. The molecule has 0 aliphatic heterocycles. The maximum Gasteiger partial charge on any atom is 0.267 e. The van der Waals surface area contributed by atoms with Gasteiger partial charge in [-0.25, -0.2) is 10.4 Å². The Kier molecular flexibility index (Phi) is 8.43. The van der Waals surface area contributed by atoms with Crippen LogP contribution in [0.3, 0.4) is 0 Å². The van der Waals surface area contributed by atoms with Crippen molar-refractivity contribution in [2.24, 2.45) is 5.10 Å². The minimum absolute atomic E-state index is 0.0492. The molecule has 2 aromatic carbocycles. The van der Waals surface area contributed by atoms with Gasteiger partial charge in [0, 0.05) is 16.7 Å². The van der Waals surface area contributed by atoms with Crippen LogP contribution in [0.25, 0.3) is 22.0 Å². The maximum atomic E-state index is 13.8. The van der Waals surface area contributed by atoms with Crippen molar-refractivity contribution in [3.05, 3.63) is 81.0 Å². The minimum atomic E-state index is -0.303. The summed E-state index contributed by atoms with van der Waals surface area (Å²) in [5.41, 5.74) is 5.13.